The predicted molar refractivity (Wildman–Crippen MR) is 186 cm³/mol. The minimum Gasteiger partial charge on any atom is -0.494 e. The molecule has 0 aliphatic carbocycles. The quantitative estimate of drug-likeness (QED) is 0.0431. The first-order valence-electron chi connectivity index (χ1n) is 15.5. The Bertz CT molecular complexity index is 1920. The Labute approximate surface area is 289 Å². The van der Waals surface area contributed by atoms with E-state index in [4.69, 9.17) is 36.7 Å². The second-order valence-electron chi connectivity index (χ2n) is 11.2. The van der Waals surface area contributed by atoms with Gasteiger partial charge in [0.1, 0.15) is 5.75 Å². The van der Waals surface area contributed by atoms with Crippen molar-refractivity contribution in [2.45, 2.75) is 42.5 Å². The number of amides is 1. The van der Waals surface area contributed by atoms with E-state index >= 15 is 0 Å². The Morgan fingerprint density at radius 2 is 1.73 bits per heavy atom. The van der Waals surface area contributed by atoms with Gasteiger partial charge in [-0.15, -0.1) is 0 Å². The third-order valence-corrected chi connectivity index (χ3v) is 9.92. The summed E-state index contributed by atoms with van der Waals surface area (Å²) in [4.78, 5) is 22.4. The van der Waals surface area contributed by atoms with Gasteiger partial charge in [0, 0.05) is 41.5 Å². The summed E-state index contributed by atoms with van der Waals surface area (Å²) in [5.74, 6) is -0.354. The first kappa shape index (κ1) is 35.4. The minimum absolute atomic E-state index is 0.00393. The lowest BCUT2D eigenvalue weighted by Crippen LogP contribution is -2.53. The summed E-state index contributed by atoms with van der Waals surface area (Å²) in [6.07, 6.45) is -0.869. The van der Waals surface area contributed by atoms with Crippen molar-refractivity contribution in [2.75, 3.05) is 19.0 Å². The van der Waals surface area contributed by atoms with Gasteiger partial charge in [0.15, 0.2) is 21.5 Å². The molecule has 1 amide bonds. The Hall–Kier alpha value is -4.91. The number of halogens is 1. The van der Waals surface area contributed by atoms with Crippen molar-refractivity contribution in [3.8, 4) is 5.75 Å². The van der Waals surface area contributed by atoms with Crippen molar-refractivity contribution in [3.05, 3.63) is 141 Å². The van der Waals surface area contributed by atoms with E-state index in [1.54, 1.807) is 78.9 Å². The van der Waals surface area contributed by atoms with Crippen LogP contribution >= 0.6 is 11.6 Å². The van der Waals surface area contributed by atoms with Gasteiger partial charge in [-0.1, -0.05) is 71.3 Å². The molecule has 0 spiro atoms. The van der Waals surface area contributed by atoms with Crippen LogP contribution in [0.1, 0.15) is 41.2 Å². The molecule has 14 heteroatoms. The second kappa shape index (κ2) is 16.5. The van der Waals surface area contributed by atoms with Crippen molar-refractivity contribution >= 4 is 33.2 Å². The zero-order chi connectivity index (χ0) is 34.7. The Kier molecular flexibility index (Phi) is 11.9. The number of aliphatic imine (C=N–C) groups is 1. The fraction of sp³-hybridized carbons (Fsp3) is 0.257. The molecule has 0 radical (unpaired) electrons. The number of carbonyl (C=O) groups is 1. The molecule has 1 heterocycles. The van der Waals surface area contributed by atoms with Crippen LogP contribution in [0.15, 0.2) is 118 Å². The highest BCUT2D eigenvalue weighted by Crippen LogP contribution is 2.44. The maximum Gasteiger partial charge on any atom is 0.266 e. The van der Waals surface area contributed by atoms with Gasteiger partial charge in [0.05, 0.1) is 23.8 Å². The number of aliphatic hydroxyl groups is 1. The van der Waals surface area contributed by atoms with Crippen LogP contribution in [0.25, 0.3) is 10.4 Å². The number of azide groups is 1. The summed E-state index contributed by atoms with van der Waals surface area (Å²) in [6.45, 7) is 0.550. The fourth-order valence-corrected chi connectivity index (χ4v) is 6.88. The summed E-state index contributed by atoms with van der Waals surface area (Å²) >= 11 is 6.03. The van der Waals surface area contributed by atoms with Gasteiger partial charge in [-0.2, -0.15) is 0 Å². The van der Waals surface area contributed by atoms with Gasteiger partial charge >= 0.3 is 0 Å². The highest BCUT2D eigenvalue weighted by molar-refractivity contribution is 7.91. The number of carbonyl (C=O) groups excluding carboxylic acids is 1. The molecule has 0 saturated heterocycles. The molecule has 3 N–H and O–H groups in total. The van der Waals surface area contributed by atoms with E-state index in [-0.39, 0.29) is 36.9 Å². The van der Waals surface area contributed by atoms with Gasteiger partial charge in [0.2, 0.25) is 5.90 Å². The van der Waals surface area contributed by atoms with Crippen molar-refractivity contribution in [1.29, 1.82) is 0 Å². The standard InChI is InChI=1S/C35H35ClN6O6S/c36-28-15-11-25(12-16-28)23-38-41-34(44)35(19-22-49(45,46)30-8-2-1-3-9-30)32(31-10-5-4-7-27(31)24-39-42-37)48-33(40-35)26-13-17-29(18-14-26)47-21-6-20-43/h1-5,7-18,32,38,43H,6,19-24H2,(H,41,44)/t32-,35-/m0/s1. The van der Waals surface area contributed by atoms with Gasteiger partial charge in [-0.25, -0.2) is 18.8 Å². The van der Waals surface area contributed by atoms with E-state index in [2.05, 4.69) is 20.9 Å². The highest BCUT2D eigenvalue weighted by Gasteiger charge is 2.54. The first-order chi connectivity index (χ1) is 23.8. The minimum atomic E-state index is -3.85. The van der Waals surface area contributed by atoms with Crippen molar-refractivity contribution in [3.63, 3.8) is 0 Å². The van der Waals surface area contributed by atoms with E-state index < -0.39 is 33.1 Å². The van der Waals surface area contributed by atoms with E-state index in [1.807, 2.05) is 12.1 Å². The molecule has 254 valence electrons. The van der Waals surface area contributed by atoms with Crippen LogP contribution in [0.3, 0.4) is 0 Å². The first-order valence-corrected chi connectivity index (χ1v) is 17.5. The SMILES string of the molecule is [N-]=[N+]=NCc1ccccc1[C@@H]1OC(c2ccc(OCCCO)cc2)=N[C@]1(CCS(=O)(=O)c1ccccc1)C(=O)NNCc1ccc(Cl)cc1. The van der Waals surface area contributed by atoms with E-state index in [9.17, 15) is 13.2 Å². The predicted octanol–water partition coefficient (Wildman–Crippen LogP) is 5.85. The van der Waals surface area contributed by atoms with Crippen LogP contribution < -0.4 is 15.6 Å². The summed E-state index contributed by atoms with van der Waals surface area (Å²) in [5, 5.41) is 13.4. The molecular formula is C35H35ClN6O6S. The van der Waals surface area contributed by atoms with Crippen LogP contribution in [0.5, 0.6) is 5.75 Å². The average molecular weight is 703 g/mol. The second-order valence-corrected chi connectivity index (χ2v) is 13.7. The number of nitrogens with one attached hydrogen (secondary N) is 2. The van der Waals surface area contributed by atoms with E-state index in [0.717, 1.165) is 5.56 Å². The van der Waals surface area contributed by atoms with Gasteiger partial charge in [-0.05, 0) is 70.8 Å². The van der Waals surface area contributed by atoms with Crippen LogP contribution in [-0.4, -0.2) is 49.8 Å². The molecule has 49 heavy (non-hydrogen) atoms. The monoisotopic (exact) mass is 702 g/mol. The fourth-order valence-electron chi connectivity index (χ4n) is 5.36. The number of rotatable bonds is 16. The normalized spacial score (nSPS) is 17.0. The number of benzene rings is 4. The summed E-state index contributed by atoms with van der Waals surface area (Å²) in [6, 6.07) is 29.0. The summed E-state index contributed by atoms with van der Waals surface area (Å²) in [7, 11) is -3.85. The molecule has 1 aliphatic heterocycles. The molecular weight excluding hydrogens is 668 g/mol. The zero-order valence-electron chi connectivity index (χ0n) is 26.4. The Morgan fingerprint density at radius 1 is 1.02 bits per heavy atom. The molecule has 0 fully saturated rings. The molecule has 0 unspecified atom stereocenters. The number of nitrogens with zero attached hydrogens (tertiary/aromatic N) is 4. The molecule has 0 bridgehead atoms. The largest absolute Gasteiger partial charge is 0.494 e. The lowest BCUT2D eigenvalue weighted by Gasteiger charge is -2.31. The van der Waals surface area contributed by atoms with E-state index in [1.165, 1.54) is 12.1 Å². The van der Waals surface area contributed by atoms with Gasteiger partial charge in [0.25, 0.3) is 5.91 Å². The molecule has 2 atom stereocenters. The lowest BCUT2D eigenvalue weighted by molar-refractivity contribution is -0.130. The zero-order valence-corrected chi connectivity index (χ0v) is 28.0. The van der Waals surface area contributed by atoms with Gasteiger partial charge in [-0.3, -0.25) is 10.2 Å². The van der Waals surface area contributed by atoms with Crippen LogP contribution in [0.2, 0.25) is 5.02 Å². The maximum absolute atomic E-state index is 14.5. The Morgan fingerprint density at radius 3 is 2.45 bits per heavy atom. The molecule has 0 saturated carbocycles. The van der Waals surface area contributed by atoms with Crippen LogP contribution in [0.4, 0.5) is 0 Å². The molecule has 12 nitrogen and oxygen atoms in total. The molecule has 4 aromatic rings. The lowest BCUT2D eigenvalue weighted by atomic mass is 9.83. The van der Waals surface area contributed by atoms with Crippen molar-refractivity contribution in [2.24, 2.45) is 10.1 Å². The van der Waals surface area contributed by atoms with Crippen LogP contribution in [-0.2, 0) is 32.5 Å². The number of sulfone groups is 1. The number of aliphatic hydroxyl groups excluding tert-OH is 1. The maximum atomic E-state index is 14.5. The number of ether oxygens (including phenoxy) is 2. The van der Waals surface area contributed by atoms with Crippen molar-refractivity contribution < 1.29 is 27.8 Å². The third-order valence-electron chi connectivity index (χ3n) is 7.93. The molecule has 1 aliphatic rings. The third kappa shape index (κ3) is 8.77. The molecule has 5 rings (SSSR count). The van der Waals surface area contributed by atoms with Crippen LogP contribution in [0, 0.1) is 0 Å². The van der Waals surface area contributed by atoms with Gasteiger partial charge < -0.3 is 14.6 Å². The summed E-state index contributed by atoms with van der Waals surface area (Å²) < 4.78 is 39.4. The average Bonchev–Trinajstić information content (AvgIpc) is 3.52. The highest BCUT2D eigenvalue weighted by atomic mass is 35.5. The molecule has 0 aromatic heterocycles. The number of hydrazine groups is 1. The van der Waals surface area contributed by atoms with Crippen molar-refractivity contribution in [1.82, 2.24) is 10.9 Å². The van der Waals surface area contributed by atoms with E-state index in [0.29, 0.717) is 40.5 Å². The Balaban J connectivity index is 1.56. The summed E-state index contributed by atoms with van der Waals surface area (Å²) in [5.41, 5.74) is 15.5. The topological polar surface area (TPSA) is 175 Å². The molecule has 4 aromatic carbocycles. The number of hydrogen-bond acceptors (Lipinski definition) is 9. The smallest absolute Gasteiger partial charge is 0.266 e. The number of hydrogen-bond donors (Lipinski definition) is 3.